The molecule has 1 N–H and O–H groups in total. The molecule has 1 fully saturated rings. The first-order valence-electron chi connectivity index (χ1n) is 4.10. The van der Waals surface area contributed by atoms with Crippen LogP contribution in [-0.2, 0) is 4.79 Å². The van der Waals surface area contributed by atoms with Crippen LogP contribution < -0.4 is 0 Å². The van der Waals surface area contributed by atoms with Gasteiger partial charge in [0.1, 0.15) is 0 Å². The van der Waals surface area contributed by atoms with Crippen molar-refractivity contribution in [1.82, 2.24) is 9.80 Å². The van der Waals surface area contributed by atoms with Crippen molar-refractivity contribution in [3.8, 4) is 0 Å². The van der Waals surface area contributed by atoms with Crippen LogP contribution in [-0.4, -0.2) is 61.2 Å². The van der Waals surface area contributed by atoms with Crippen molar-refractivity contribution in [2.75, 3.05) is 34.2 Å². The van der Waals surface area contributed by atoms with Crippen LogP contribution in [0.25, 0.3) is 0 Å². The van der Waals surface area contributed by atoms with Crippen molar-refractivity contribution in [3.63, 3.8) is 0 Å². The van der Waals surface area contributed by atoms with E-state index < -0.39 is 5.97 Å². The maximum absolute atomic E-state index is 10.8. The molecular formula is C8H16N2O2. The second-order valence-corrected chi connectivity index (χ2v) is 3.70. The number of nitrogens with zero attached hydrogens (tertiary/aromatic N) is 2. The number of likely N-dealkylation sites (tertiary alicyclic amines) is 1. The van der Waals surface area contributed by atoms with Gasteiger partial charge in [-0.25, -0.2) is 0 Å². The molecule has 2 unspecified atom stereocenters. The number of likely N-dealkylation sites (N-methyl/N-ethyl adjacent to an activating group) is 2. The summed E-state index contributed by atoms with van der Waals surface area (Å²) in [5, 5.41) is 8.90. The summed E-state index contributed by atoms with van der Waals surface area (Å²) in [6, 6.07) is 0.160. The zero-order valence-corrected chi connectivity index (χ0v) is 7.82. The zero-order chi connectivity index (χ0) is 9.30. The monoisotopic (exact) mass is 172 g/mol. The highest BCUT2D eigenvalue weighted by Gasteiger charge is 2.36. The average Bonchev–Trinajstić information content (AvgIpc) is 2.31. The number of rotatable bonds is 2. The topological polar surface area (TPSA) is 43.8 Å². The highest BCUT2D eigenvalue weighted by atomic mass is 16.4. The van der Waals surface area contributed by atoms with Crippen molar-refractivity contribution in [1.29, 1.82) is 0 Å². The molecule has 0 spiro atoms. The van der Waals surface area contributed by atoms with Gasteiger partial charge in [0, 0.05) is 19.1 Å². The first-order valence-corrected chi connectivity index (χ1v) is 4.10. The van der Waals surface area contributed by atoms with Gasteiger partial charge in [-0.2, -0.15) is 0 Å². The molecular weight excluding hydrogens is 156 g/mol. The summed E-state index contributed by atoms with van der Waals surface area (Å²) in [5.41, 5.74) is 0. The van der Waals surface area contributed by atoms with Gasteiger partial charge >= 0.3 is 5.97 Å². The van der Waals surface area contributed by atoms with Gasteiger partial charge in [0.15, 0.2) is 0 Å². The Bertz CT molecular complexity index is 182. The lowest BCUT2D eigenvalue weighted by molar-refractivity contribution is -0.142. The fourth-order valence-corrected chi connectivity index (χ4v) is 1.74. The van der Waals surface area contributed by atoms with Gasteiger partial charge in [-0.05, 0) is 21.1 Å². The fraction of sp³-hybridized carbons (Fsp3) is 0.875. The molecule has 4 nitrogen and oxygen atoms in total. The van der Waals surface area contributed by atoms with Crippen LogP contribution in [0.15, 0.2) is 0 Å². The van der Waals surface area contributed by atoms with E-state index in [4.69, 9.17) is 5.11 Å². The van der Waals surface area contributed by atoms with Gasteiger partial charge in [-0.3, -0.25) is 4.79 Å². The van der Waals surface area contributed by atoms with E-state index >= 15 is 0 Å². The number of carboxylic acid groups (broad SMARTS) is 1. The smallest absolute Gasteiger partial charge is 0.309 e. The lowest BCUT2D eigenvalue weighted by Crippen LogP contribution is -2.38. The summed E-state index contributed by atoms with van der Waals surface area (Å²) in [7, 11) is 5.82. The average molecular weight is 172 g/mol. The van der Waals surface area contributed by atoms with Gasteiger partial charge in [-0.15, -0.1) is 0 Å². The van der Waals surface area contributed by atoms with E-state index in [1.807, 2.05) is 26.0 Å². The Kier molecular flexibility index (Phi) is 2.69. The third-order valence-corrected chi connectivity index (χ3v) is 2.45. The fourth-order valence-electron chi connectivity index (χ4n) is 1.74. The van der Waals surface area contributed by atoms with Gasteiger partial charge in [0.25, 0.3) is 0 Å². The lowest BCUT2D eigenvalue weighted by atomic mass is 10.0. The quantitative estimate of drug-likeness (QED) is 0.613. The summed E-state index contributed by atoms with van der Waals surface area (Å²) < 4.78 is 0. The minimum atomic E-state index is -0.682. The largest absolute Gasteiger partial charge is 0.481 e. The Morgan fingerprint density at radius 2 is 2.08 bits per heavy atom. The maximum Gasteiger partial charge on any atom is 0.309 e. The Balaban J connectivity index is 2.65. The molecule has 0 bridgehead atoms. The molecule has 1 aliphatic heterocycles. The SMILES string of the molecule is CN1CC(C(=O)O)C(N(C)C)C1. The molecule has 0 aromatic carbocycles. The Hall–Kier alpha value is -0.610. The Labute approximate surface area is 72.8 Å². The number of hydrogen-bond acceptors (Lipinski definition) is 3. The lowest BCUT2D eigenvalue weighted by Gasteiger charge is -2.22. The Morgan fingerprint density at radius 3 is 2.42 bits per heavy atom. The third-order valence-electron chi connectivity index (χ3n) is 2.45. The Morgan fingerprint density at radius 1 is 1.50 bits per heavy atom. The van der Waals surface area contributed by atoms with Crippen LogP contribution in [0.1, 0.15) is 0 Å². The van der Waals surface area contributed by atoms with Crippen molar-refractivity contribution < 1.29 is 9.90 Å². The van der Waals surface area contributed by atoms with E-state index in [0.717, 1.165) is 6.54 Å². The molecule has 4 heteroatoms. The van der Waals surface area contributed by atoms with Crippen LogP contribution in [0.4, 0.5) is 0 Å². The summed E-state index contributed by atoms with van der Waals surface area (Å²) in [4.78, 5) is 14.9. The normalized spacial score (nSPS) is 31.3. The first kappa shape index (κ1) is 9.48. The molecule has 0 aromatic rings. The third kappa shape index (κ3) is 1.76. The van der Waals surface area contributed by atoms with E-state index in [9.17, 15) is 4.79 Å². The second-order valence-electron chi connectivity index (χ2n) is 3.70. The highest BCUT2D eigenvalue weighted by Crippen LogP contribution is 2.18. The highest BCUT2D eigenvalue weighted by molar-refractivity contribution is 5.71. The summed E-state index contributed by atoms with van der Waals surface area (Å²) in [6.45, 7) is 1.52. The van der Waals surface area contributed by atoms with E-state index in [1.165, 1.54) is 0 Å². The van der Waals surface area contributed by atoms with Gasteiger partial charge in [-0.1, -0.05) is 0 Å². The molecule has 1 saturated heterocycles. The molecule has 1 aliphatic rings. The van der Waals surface area contributed by atoms with E-state index in [2.05, 4.69) is 4.90 Å². The molecule has 0 aromatic heterocycles. The van der Waals surface area contributed by atoms with Gasteiger partial charge < -0.3 is 14.9 Å². The van der Waals surface area contributed by atoms with Crippen molar-refractivity contribution in [2.45, 2.75) is 6.04 Å². The van der Waals surface area contributed by atoms with Crippen LogP contribution >= 0.6 is 0 Å². The number of hydrogen-bond donors (Lipinski definition) is 1. The second kappa shape index (κ2) is 3.41. The number of carboxylic acids is 1. The van der Waals surface area contributed by atoms with Gasteiger partial charge in [0.2, 0.25) is 0 Å². The van der Waals surface area contributed by atoms with Crippen molar-refractivity contribution in [2.24, 2.45) is 5.92 Å². The number of aliphatic carboxylic acids is 1. The maximum atomic E-state index is 10.8. The summed E-state index contributed by atoms with van der Waals surface area (Å²) in [6.07, 6.45) is 0. The molecule has 70 valence electrons. The minimum Gasteiger partial charge on any atom is -0.481 e. The van der Waals surface area contributed by atoms with E-state index in [0.29, 0.717) is 6.54 Å². The molecule has 1 heterocycles. The first-order chi connectivity index (χ1) is 5.52. The van der Waals surface area contributed by atoms with Gasteiger partial charge in [0.05, 0.1) is 5.92 Å². The minimum absolute atomic E-state index is 0.160. The summed E-state index contributed by atoms with van der Waals surface area (Å²) in [5.74, 6) is -0.914. The summed E-state index contributed by atoms with van der Waals surface area (Å²) >= 11 is 0. The van der Waals surface area contributed by atoms with Crippen LogP contribution in [0.5, 0.6) is 0 Å². The molecule has 0 radical (unpaired) electrons. The predicted octanol–water partition coefficient (Wildman–Crippen LogP) is -0.437. The zero-order valence-electron chi connectivity index (χ0n) is 7.82. The molecule has 12 heavy (non-hydrogen) atoms. The van der Waals surface area contributed by atoms with E-state index in [-0.39, 0.29) is 12.0 Å². The standard InChI is InChI=1S/C8H16N2O2/c1-9(2)7-5-10(3)4-6(7)8(11)12/h6-7H,4-5H2,1-3H3,(H,11,12). The van der Waals surface area contributed by atoms with Crippen LogP contribution in [0.3, 0.4) is 0 Å². The van der Waals surface area contributed by atoms with E-state index in [1.54, 1.807) is 0 Å². The van der Waals surface area contributed by atoms with Crippen molar-refractivity contribution >= 4 is 5.97 Å². The predicted molar refractivity (Wildman–Crippen MR) is 46.1 cm³/mol. The molecule has 0 saturated carbocycles. The molecule has 0 amide bonds. The molecule has 0 aliphatic carbocycles. The van der Waals surface area contributed by atoms with Crippen molar-refractivity contribution in [3.05, 3.63) is 0 Å². The molecule has 1 rings (SSSR count). The molecule has 2 atom stereocenters. The number of carbonyl (C=O) groups is 1. The van der Waals surface area contributed by atoms with Crippen LogP contribution in [0.2, 0.25) is 0 Å². The van der Waals surface area contributed by atoms with Crippen LogP contribution in [0, 0.1) is 5.92 Å².